The van der Waals surface area contributed by atoms with Gasteiger partial charge in [-0.3, -0.25) is 4.79 Å². The second-order valence-corrected chi connectivity index (χ2v) is 6.50. The predicted molar refractivity (Wildman–Crippen MR) is 84.7 cm³/mol. The van der Waals surface area contributed by atoms with Crippen LogP contribution in [0, 0.1) is 10.1 Å². The van der Waals surface area contributed by atoms with Crippen LogP contribution in [-0.2, 0) is 11.3 Å². The Labute approximate surface area is 136 Å². The molecule has 2 N–H and O–H groups in total. The first-order valence-corrected chi connectivity index (χ1v) is 7.87. The number of aromatic nitrogens is 1. The van der Waals surface area contributed by atoms with Crippen molar-refractivity contribution in [1.29, 1.82) is 0 Å². The lowest BCUT2D eigenvalue weighted by atomic mass is 10.3. The highest BCUT2D eigenvalue weighted by Crippen LogP contribution is 2.23. The zero-order chi connectivity index (χ0) is 16.8. The van der Waals surface area contributed by atoms with Gasteiger partial charge in [0.05, 0.1) is 11.4 Å². The summed E-state index contributed by atoms with van der Waals surface area (Å²) in [5, 5.41) is 25.4. The zero-order valence-electron chi connectivity index (χ0n) is 12.5. The van der Waals surface area contributed by atoms with E-state index in [1.807, 2.05) is 19.1 Å². The number of hydrazone groups is 1. The fraction of sp³-hybridized carbons (Fsp3) is 0.462. The summed E-state index contributed by atoms with van der Waals surface area (Å²) in [5.74, 6) is -0.579. The lowest BCUT2D eigenvalue weighted by Crippen LogP contribution is -2.30. The van der Waals surface area contributed by atoms with Crippen molar-refractivity contribution in [1.82, 2.24) is 15.2 Å². The molecule has 2 heterocycles. The Hall–Kier alpha value is -2.36. The maximum Gasteiger partial charge on any atom is 0.304 e. The van der Waals surface area contributed by atoms with E-state index in [1.165, 1.54) is 11.8 Å². The number of guanidine groups is 1. The largest absolute Gasteiger partial charge is 0.481 e. The quantitative estimate of drug-likeness (QED) is 0.428. The minimum Gasteiger partial charge on any atom is -0.481 e. The van der Waals surface area contributed by atoms with Crippen molar-refractivity contribution < 1.29 is 14.9 Å². The average Bonchev–Trinajstić information content (AvgIpc) is 2.86. The van der Waals surface area contributed by atoms with Crippen LogP contribution >= 0.6 is 11.8 Å². The van der Waals surface area contributed by atoms with Gasteiger partial charge in [0, 0.05) is 31.1 Å². The van der Waals surface area contributed by atoms with E-state index in [4.69, 9.17) is 5.11 Å². The Morgan fingerprint density at radius 2 is 2.43 bits per heavy atom. The van der Waals surface area contributed by atoms with E-state index in [1.54, 1.807) is 11.1 Å². The van der Waals surface area contributed by atoms with E-state index in [0.717, 1.165) is 10.6 Å². The molecule has 0 amide bonds. The third kappa shape index (κ3) is 5.40. The van der Waals surface area contributed by atoms with Crippen LogP contribution in [0.4, 0.5) is 0 Å². The summed E-state index contributed by atoms with van der Waals surface area (Å²) in [6.07, 6.45) is 1.77. The molecule has 0 saturated carbocycles. The number of pyridine rings is 1. The van der Waals surface area contributed by atoms with Crippen molar-refractivity contribution in [2.24, 2.45) is 5.10 Å². The molecule has 1 saturated heterocycles. The molecule has 0 radical (unpaired) electrons. The molecule has 1 aromatic rings. The third-order valence-corrected chi connectivity index (χ3v) is 4.15. The number of carboxylic acid groups (broad SMARTS) is 1. The minimum atomic E-state index is -0.833. The molecule has 1 fully saturated rings. The first-order chi connectivity index (χ1) is 10.9. The van der Waals surface area contributed by atoms with Gasteiger partial charge in [-0.2, -0.15) is 0 Å². The Morgan fingerprint density at radius 1 is 1.65 bits per heavy atom. The first-order valence-electron chi connectivity index (χ1n) is 6.99. The molecule has 0 aliphatic carbocycles. The van der Waals surface area contributed by atoms with Gasteiger partial charge in [-0.05, 0) is 11.6 Å². The summed E-state index contributed by atoms with van der Waals surface area (Å²) in [6.45, 7) is 3.56. The van der Waals surface area contributed by atoms with Crippen molar-refractivity contribution in [3.8, 4) is 0 Å². The number of carbonyl (C=O) groups is 1. The molecule has 124 valence electrons. The van der Waals surface area contributed by atoms with Crippen molar-refractivity contribution >= 4 is 23.7 Å². The summed E-state index contributed by atoms with van der Waals surface area (Å²) < 4.78 is 0. The van der Waals surface area contributed by atoms with Crippen molar-refractivity contribution in [2.75, 3.05) is 13.1 Å². The Balaban J connectivity index is 1.94. The third-order valence-electron chi connectivity index (χ3n) is 3.10. The molecule has 9 nitrogen and oxygen atoms in total. The number of nitro groups is 1. The van der Waals surface area contributed by atoms with Gasteiger partial charge in [-0.25, -0.2) is 15.1 Å². The highest BCUT2D eigenvalue weighted by atomic mass is 32.2. The van der Waals surface area contributed by atoms with E-state index < -0.39 is 11.0 Å². The van der Waals surface area contributed by atoms with Crippen molar-refractivity contribution in [2.45, 2.75) is 30.2 Å². The number of rotatable bonds is 7. The van der Waals surface area contributed by atoms with E-state index >= 15 is 0 Å². The molecule has 2 rings (SSSR count). The molecule has 0 aromatic carbocycles. The van der Waals surface area contributed by atoms with E-state index in [9.17, 15) is 14.9 Å². The number of hydrogen-bond donors (Lipinski definition) is 2. The summed E-state index contributed by atoms with van der Waals surface area (Å²) >= 11 is 1.40. The van der Waals surface area contributed by atoms with Gasteiger partial charge in [0.2, 0.25) is 0 Å². The van der Waals surface area contributed by atoms with Gasteiger partial charge in [-0.1, -0.05) is 13.0 Å². The van der Waals surface area contributed by atoms with Crippen LogP contribution in [0.3, 0.4) is 0 Å². The number of thioether (sulfide) groups is 1. The van der Waals surface area contributed by atoms with E-state index in [2.05, 4.69) is 15.4 Å². The molecule has 0 spiro atoms. The smallest absolute Gasteiger partial charge is 0.304 e. The van der Waals surface area contributed by atoms with Crippen molar-refractivity contribution in [3.63, 3.8) is 0 Å². The molecular formula is C13H17N5O4S. The summed E-state index contributed by atoms with van der Waals surface area (Å²) in [6, 6.07) is 3.71. The van der Waals surface area contributed by atoms with Crippen LogP contribution in [0.5, 0.6) is 0 Å². The number of nitrogens with one attached hydrogen (secondary N) is 1. The fourth-order valence-corrected chi connectivity index (χ4v) is 3.04. The Bertz CT molecular complexity index is 607. The van der Waals surface area contributed by atoms with Crippen LogP contribution in [0.15, 0.2) is 28.5 Å². The molecule has 1 atom stereocenters. The maximum absolute atomic E-state index is 10.7. The molecule has 1 unspecified atom stereocenters. The van der Waals surface area contributed by atoms with Gasteiger partial charge < -0.3 is 15.3 Å². The number of aliphatic carboxylic acids is 1. The summed E-state index contributed by atoms with van der Waals surface area (Å²) in [5.41, 5.74) is 0.903. The van der Waals surface area contributed by atoms with Crippen LogP contribution in [0.2, 0.25) is 0 Å². The standard InChI is InChI=1S/C13H17N5O4S/c1-9(6-12(19)20)23-11-3-2-10(7-15-11)8-17-5-4-14-13(17)16-18(21)22/h2-3,7,9H,4-6,8H2,1H3,(H,14,16)(H,19,20). The summed E-state index contributed by atoms with van der Waals surface area (Å²) in [7, 11) is 0. The molecule has 1 aromatic heterocycles. The minimum absolute atomic E-state index is 0.0625. The van der Waals surface area contributed by atoms with Crippen LogP contribution in [0.25, 0.3) is 0 Å². The average molecular weight is 339 g/mol. The lowest BCUT2D eigenvalue weighted by Gasteiger charge is -2.15. The fourth-order valence-electron chi connectivity index (χ4n) is 2.14. The summed E-state index contributed by atoms with van der Waals surface area (Å²) in [4.78, 5) is 27.2. The molecule has 1 aliphatic rings. The van der Waals surface area contributed by atoms with E-state index in [0.29, 0.717) is 19.6 Å². The molecular weight excluding hydrogens is 322 g/mol. The molecule has 23 heavy (non-hydrogen) atoms. The Kier molecular flexibility index (Phi) is 5.74. The number of hydrogen-bond acceptors (Lipinski definition) is 5. The second kappa shape index (κ2) is 7.77. The normalized spacial score (nSPS) is 17.1. The van der Waals surface area contributed by atoms with Crippen LogP contribution < -0.4 is 5.32 Å². The maximum atomic E-state index is 10.7. The van der Waals surface area contributed by atoms with Crippen molar-refractivity contribution in [3.05, 3.63) is 34.0 Å². The number of nitrogens with zero attached hydrogens (tertiary/aromatic N) is 4. The van der Waals surface area contributed by atoms with Gasteiger partial charge >= 0.3 is 5.97 Å². The molecule has 1 aliphatic heterocycles. The highest BCUT2D eigenvalue weighted by Gasteiger charge is 2.21. The van der Waals surface area contributed by atoms with Gasteiger partial charge in [-0.15, -0.1) is 11.8 Å². The topological polar surface area (TPSA) is 121 Å². The SMILES string of the molecule is CC(CC(=O)O)Sc1ccc(CN2CCNC2=N[N+](=O)[O-])cn1. The second-order valence-electron chi connectivity index (χ2n) is 5.04. The highest BCUT2D eigenvalue weighted by molar-refractivity contribution is 7.99. The van der Waals surface area contributed by atoms with Gasteiger partial charge in [0.1, 0.15) is 5.10 Å². The van der Waals surface area contributed by atoms with Gasteiger partial charge in [0.15, 0.2) is 5.03 Å². The Morgan fingerprint density at radius 3 is 3.04 bits per heavy atom. The predicted octanol–water partition coefficient (Wildman–Crippen LogP) is 0.990. The number of carboxylic acids is 1. The lowest BCUT2D eigenvalue weighted by molar-refractivity contribution is -0.485. The zero-order valence-corrected chi connectivity index (χ0v) is 13.3. The van der Waals surface area contributed by atoms with Crippen LogP contribution in [0.1, 0.15) is 18.9 Å². The first kappa shape index (κ1) is 17.0. The van der Waals surface area contributed by atoms with Crippen LogP contribution in [-0.4, -0.2) is 50.3 Å². The monoisotopic (exact) mass is 339 g/mol. The van der Waals surface area contributed by atoms with E-state index in [-0.39, 0.29) is 17.6 Å². The van der Waals surface area contributed by atoms with Gasteiger partial charge in [0.25, 0.3) is 5.96 Å². The molecule has 10 heteroatoms. The molecule has 0 bridgehead atoms.